The standard InChI is InChI=1S/C29H34N4O2/c1-22(2)18-28(34)32-16-17-33(21-23(20-32)19-25-12-8-9-15-30-25)29(35)26-13-6-7-14-27(26)31-24-10-4-3-5-11-24/h3-15,22-23,31H,16-21H2,1-2H3/t23-/m0/s1. The summed E-state index contributed by atoms with van der Waals surface area (Å²) in [7, 11) is 0. The molecule has 6 nitrogen and oxygen atoms in total. The fraction of sp³-hybridized carbons (Fsp3) is 0.345. The average molecular weight is 471 g/mol. The van der Waals surface area contributed by atoms with Crippen LogP contribution in [0.3, 0.4) is 0 Å². The molecule has 1 aliphatic rings. The smallest absolute Gasteiger partial charge is 0.256 e. The molecule has 0 aliphatic carbocycles. The molecule has 1 aliphatic heterocycles. The van der Waals surface area contributed by atoms with Crippen LogP contribution in [-0.4, -0.2) is 52.8 Å². The molecule has 1 saturated heterocycles. The third-order valence-corrected chi connectivity index (χ3v) is 6.25. The molecule has 35 heavy (non-hydrogen) atoms. The number of nitrogens with one attached hydrogen (secondary N) is 1. The molecule has 2 heterocycles. The lowest BCUT2D eigenvalue weighted by Crippen LogP contribution is -2.37. The first-order valence-electron chi connectivity index (χ1n) is 12.4. The van der Waals surface area contributed by atoms with Crippen molar-refractivity contribution in [2.75, 3.05) is 31.5 Å². The van der Waals surface area contributed by atoms with E-state index in [0.717, 1.165) is 23.5 Å². The van der Waals surface area contributed by atoms with Gasteiger partial charge in [-0.05, 0) is 54.7 Å². The molecule has 2 amide bonds. The lowest BCUT2D eigenvalue weighted by Gasteiger charge is -2.25. The monoisotopic (exact) mass is 470 g/mol. The minimum absolute atomic E-state index is 0.0202. The minimum Gasteiger partial charge on any atom is -0.355 e. The second kappa shape index (κ2) is 11.6. The van der Waals surface area contributed by atoms with E-state index in [1.165, 1.54) is 0 Å². The third-order valence-electron chi connectivity index (χ3n) is 6.25. The highest BCUT2D eigenvalue weighted by atomic mass is 16.2. The summed E-state index contributed by atoms with van der Waals surface area (Å²) < 4.78 is 0. The fourth-order valence-corrected chi connectivity index (χ4v) is 4.56. The number of rotatable bonds is 7. The van der Waals surface area contributed by atoms with Crippen LogP contribution in [0.2, 0.25) is 0 Å². The van der Waals surface area contributed by atoms with Crippen LogP contribution >= 0.6 is 0 Å². The van der Waals surface area contributed by atoms with Crippen molar-refractivity contribution in [3.63, 3.8) is 0 Å². The Kier molecular flexibility index (Phi) is 8.14. The van der Waals surface area contributed by atoms with Gasteiger partial charge in [-0.1, -0.05) is 50.2 Å². The Morgan fingerprint density at radius 3 is 2.34 bits per heavy atom. The molecular weight excluding hydrogens is 436 g/mol. The van der Waals surface area contributed by atoms with Crippen molar-refractivity contribution in [2.24, 2.45) is 11.8 Å². The van der Waals surface area contributed by atoms with Gasteiger partial charge >= 0.3 is 0 Å². The molecule has 4 rings (SSSR count). The Morgan fingerprint density at radius 1 is 0.914 bits per heavy atom. The van der Waals surface area contributed by atoms with Gasteiger partial charge in [-0.25, -0.2) is 0 Å². The number of carbonyl (C=O) groups is 2. The summed E-state index contributed by atoms with van der Waals surface area (Å²) in [6, 6.07) is 23.4. The Balaban J connectivity index is 1.56. The predicted molar refractivity (Wildman–Crippen MR) is 140 cm³/mol. The van der Waals surface area contributed by atoms with E-state index < -0.39 is 0 Å². The van der Waals surface area contributed by atoms with Crippen LogP contribution in [-0.2, 0) is 11.2 Å². The summed E-state index contributed by atoms with van der Waals surface area (Å²) in [4.78, 5) is 35.1. The van der Waals surface area contributed by atoms with Crippen molar-refractivity contribution < 1.29 is 9.59 Å². The number of nitrogens with zero attached hydrogens (tertiary/aromatic N) is 3. The van der Waals surface area contributed by atoms with Gasteiger partial charge in [0.1, 0.15) is 0 Å². The van der Waals surface area contributed by atoms with Crippen LogP contribution in [0, 0.1) is 11.8 Å². The van der Waals surface area contributed by atoms with Crippen LogP contribution in [0.25, 0.3) is 0 Å². The van der Waals surface area contributed by atoms with Gasteiger partial charge in [0.25, 0.3) is 5.91 Å². The summed E-state index contributed by atoms with van der Waals surface area (Å²) in [6.07, 6.45) is 3.04. The number of hydrogen-bond acceptors (Lipinski definition) is 4. The van der Waals surface area contributed by atoms with E-state index in [4.69, 9.17) is 0 Å². The SMILES string of the molecule is CC(C)CC(=O)N1CCN(C(=O)c2ccccc2Nc2ccccc2)C[C@@H](Cc2ccccn2)C1. The van der Waals surface area contributed by atoms with E-state index in [9.17, 15) is 9.59 Å². The lowest BCUT2D eigenvalue weighted by molar-refractivity contribution is -0.132. The first kappa shape index (κ1) is 24.5. The molecule has 0 saturated carbocycles. The van der Waals surface area contributed by atoms with Crippen molar-refractivity contribution in [1.82, 2.24) is 14.8 Å². The molecule has 1 atom stereocenters. The van der Waals surface area contributed by atoms with E-state index in [-0.39, 0.29) is 17.7 Å². The average Bonchev–Trinajstić information content (AvgIpc) is 3.08. The highest BCUT2D eigenvalue weighted by Gasteiger charge is 2.30. The summed E-state index contributed by atoms with van der Waals surface area (Å²) in [6.45, 7) is 6.41. The molecular formula is C29H34N4O2. The zero-order chi connectivity index (χ0) is 24.6. The maximum absolute atomic E-state index is 13.8. The first-order valence-corrected chi connectivity index (χ1v) is 12.4. The Bertz CT molecular complexity index is 1120. The molecule has 3 aromatic rings. The summed E-state index contributed by atoms with van der Waals surface area (Å²) >= 11 is 0. The summed E-state index contributed by atoms with van der Waals surface area (Å²) in [5.74, 6) is 0.551. The molecule has 1 fully saturated rings. The number of carbonyl (C=O) groups excluding carboxylic acids is 2. The quantitative estimate of drug-likeness (QED) is 0.527. The first-order chi connectivity index (χ1) is 17.0. The van der Waals surface area contributed by atoms with Crippen LogP contribution in [0.5, 0.6) is 0 Å². The second-order valence-electron chi connectivity index (χ2n) is 9.62. The number of para-hydroxylation sites is 2. The predicted octanol–water partition coefficient (Wildman–Crippen LogP) is 5.01. The van der Waals surface area contributed by atoms with Crippen molar-refractivity contribution >= 4 is 23.2 Å². The molecule has 1 N–H and O–H groups in total. The minimum atomic E-state index is -0.0202. The Hall–Kier alpha value is -3.67. The number of hydrogen-bond donors (Lipinski definition) is 1. The van der Waals surface area contributed by atoms with E-state index in [1.54, 1.807) is 6.20 Å². The third kappa shape index (κ3) is 6.69. The summed E-state index contributed by atoms with van der Waals surface area (Å²) in [5.41, 5.74) is 3.33. The number of amides is 2. The Labute approximate surface area is 208 Å². The van der Waals surface area contributed by atoms with E-state index in [2.05, 4.69) is 24.1 Å². The molecule has 0 radical (unpaired) electrons. The van der Waals surface area contributed by atoms with Crippen molar-refractivity contribution in [3.8, 4) is 0 Å². The molecule has 0 bridgehead atoms. The van der Waals surface area contributed by atoms with E-state index >= 15 is 0 Å². The van der Waals surface area contributed by atoms with Crippen LogP contribution < -0.4 is 5.32 Å². The van der Waals surface area contributed by atoms with Gasteiger partial charge in [-0.15, -0.1) is 0 Å². The second-order valence-corrected chi connectivity index (χ2v) is 9.62. The molecule has 0 unspecified atom stereocenters. The molecule has 182 valence electrons. The number of benzene rings is 2. The topological polar surface area (TPSA) is 65.5 Å². The van der Waals surface area contributed by atoms with Gasteiger partial charge in [0.05, 0.1) is 11.3 Å². The fourth-order valence-electron chi connectivity index (χ4n) is 4.56. The molecule has 2 aromatic carbocycles. The molecule has 1 aromatic heterocycles. The highest BCUT2D eigenvalue weighted by molar-refractivity contribution is 6.00. The zero-order valence-corrected chi connectivity index (χ0v) is 20.6. The van der Waals surface area contributed by atoms with Crippen molar-refractivity contribution in [2.45, 2.75) is 26.7 Å². The van der Waals surface area contributed by atoms with Gasteiger partial charge in [0.15, 0.2) is 0 Å². The van der Waals surface area contributed by atoms with Gasteiger partial charge in [0, 0.05) is 50.2 Å². The number of pyridine rings is 1. The van der Waals surface area contributed by atoms with Crippen molar-refractivity contribution in [1.29, 1.82) is 0 Å². The maximum atomic E-state index is 13.8. The van der Waals surface area contributed by atoms with Gasteiger partial charge < -0.3 is 15.1 Å². The van der Waals surface area contributed by atoms with Gasteiger partial charge in [-0.2, -0.15) is 0 Å². The summed E-state index contributed by atoms with van der Waals surface area (Å²) in [5, 5.41) is 3.39. The van der Waals surface area contributed by atoms with Crippen molar-refractivity contribution in [3.05, 3.63) is 90.3 Å². The van der Waals surface area contributed by atoms with Crippen LogP contribution in [0.4, 0.5) is 11.4 Å². The van der Waals surface area contributed by atoms with Gasteiger partial charge in [0.2, 0.25) is 5.91 Å². The van der Waals surface area contributed by atoms with Gasteiger partial charge in [-0.3, -0.25) is 14.6 Å². The molecule has 0 spiro atoms. The largest absolute Gasteiger partial charge is 0.355 e. The lowest BCUT2D eigenvalue weighted by atomic mass is 10.0. The number of aromatic nitrogens is 1. The number of anilines is 2. The van der Waals surface area contributed by atoms with Crippen LogP contribution in [0.15, 0.2) is 79.0 Å². The highest BCUT2D eigenvalue weighted by Crippen LogP contribution is 2.24. The van der Waals surface area contributed by atoms with E-state index in [1.807, 2.05) is 82.6 Å². The Morgan fingerprint density at radius 2 is 1.60 bits per heavy atom. The maximum Gasteiger partial charge on any atom is 0.256 e. The molecule has 6 heteroatoms. The van der Waals surface area contributed by atoms with Crippen LogP contribution in [0.1, 0.15) is 36.3 Å². The normalized spacial score (nSPS) is 16.1. The zero-order valence-electron chi connectivity index (χ0n) is 20.6. The van der Waals surface area contributed by atoms with E-state index in [0.29, 0.717) is 44.1 Å².